The predicted molar refractivity (Wildman–Crippen MR) is 136 cm³/mol. The number of carbonyl (C=O) groups is 1. The fourth-order valence-electron chi connectivity index (χ4n) is 3.86. The van der Waals surface area contributed by atoms with Gasteiger partial charge in [-0.15, -0.1) is 0 Å². The van der Waals surface area contributed by atoms with Crippen LogP contribution in [-0.2, 0) is 11.3 Å². The topological polar surface area (TPSA) is 60.7 Å². The number of para-hydroxylation sites is 1. The quantitative estimate of drug-likeness (QED) is 0.282. The van der Waals surface area contributed by atoms with Gasteiger partial charge in [-0.05, 0) is 43.2 Å². The van der Waals surface area contributed by atoms with Crippen LogP contribution in [-0.4, -0.2) is 19.6 Å². The van der Waals surface area contributed by atoms with Crippen molar-refractivity contribution in [2.75, 3.05) is 13.7 Å². The number of carbonyl (C=O) groups excluding carboxylic acids is 1. The molecule has 1 N–H and O–H groups in total. The molecule has 1 heterocycles. The number of furan rings is 1. The molecule has 174 valence electrons. The molecule has 0 atom stereocenters. The summed E-state index contributed by atoms with van der Waals surface area (Å²) in [4.78, 5) is 12.7. The molecule has 0 aliphatic heterocycles. The maximum absolute atomic E-state index is 12.7. The zero-order chi connectivity index (χ0) is 24.1. The summed E-state index contributed by atoms with van der Waals surface area (Å²) in [5.41, 5.74) is 4.99. The summed E-state index contributed by atoms with van der Waals surface area (Å²) >= 11 is 6.20. The molecule has 0 fully saturated rings. The summed E-state index contributed by atoms with van der Waals surface area (Å²) in [6.07, 6.45) is 3.29. The van der Waals surface area contributed by atoms with E-state index in [1.807, 2.05) is 68.4 Å². The molecule has 5 nitrogen and oxygen atoms in total. The van der Waals surface area contributed by atoms with E-state index in [0.717, 1.165) is 39.0 Å². The second-order valence-corrected chi connectivity index (χ2v) is 8.17. The maximum Gasteiger partial charge on any atom is 0.244 e. The molecule has 1 aromatic heterocycles. The monoisotopic (exact) mass is 475 g/mol. The second kappa shape index (κ2) is 10.5. The maximum atomic E-state index is 12.7. The van der Waals surface area contributed by atoms with E-state index in [0.29, 0.717) is 29.5 Å². The average molecular weight is 476 g/mol. The smallest absolute Gasteiger partial charge is 0.244 e. The van der Waals surface area contributed by atoms with E-state index < -0.39 is 0 Å². The Morgan fingerprint density at radius 1 is 1.06 bits per heavy atom. The van der Waals surface area contributed by atoms with Gasteiger partial charge in [0.1, 0.15) is 17.1 Å². The number of hydrogen-bond donors (Lipinski definition) is 1. The minimum Gasteiger partial charge on any atom is -0.496 e. The lowest BCUT2D eigenvalue weighted by molar-refractivity contribution is -0.116. The van der Waals surface area contributed by atoms with Crippen LogP contribution in [0, 0.1) is 0 Å². The standard InChI is InChI=1S/C28H26ClNO4/c1-4-33-26-15-27-22(23(17-34-27)20-10-6-8-12-25(20)32-3)14-21(26)18(2)13-28(31)30-16-19-9-5-7-11-24(19)29/h5-15,17H,4,16H2,1-3H3,(H,30,31)/b18-13+. The normalized spacial score (nSPS) is 11.5. The highest BCUT2D eigenvalue weighted by atomic mass is 35.5. The minimum absolute atomic E-state index is 0.211. The van der Waals surface area contributed by atoms with E-state index in [4.69, 9.17) is 25.5 Å². The molecule has 4 aromatic rings. The number of ether oxygens (including phenoxy) is 2. The third-order valence-corrected chi connectivity index (χ3v) is 5.92. The third-order valence-electron chi connectivity index (χ3n) is 5.56. The summed E-state index contributed by atoms with van der Waals surface area (Å²) in [5.74, 6) is 1.20. The first kappa shape index (κ1) is 23.5. The van der Waals surface area contributed by atoms with Crippen LogP contribution in [0.3, 0.4) is 0 Å². The van der Waals surface area contributed by atoms with Crippen LogP contribution in [0.1, 0.15) is 25.0 Å². The Balaban J connectivity index is 1.69. The van der Waals surface area contributed by atoms with Crippen molar-refractivity contribution in [1.82, 2.24) is 5.32 Å². The van der Waals surface area contributed by atoms with Gasteiger partial charge in [-0.3, -0.25) is 4.79 Å². The van der Waals surface area contributed by atoms with Gasteiger partial charge in [-0.1, -0.05) is 48.0 Å². The lowest BCUT2D eigenvalue weighted by Crippen LogP contribution is -2.20. The molecule has 0 saturated heterocycles. The van der Waals surface area contributed by atoms with Crippen LogP contribution in [0.15, 0.2) is 77.4 Å². The second-order valence-electron chi connectivity index (χ2n) is 7.76. The number of hydrogen-bond acceptors (Lipinski definition) is 4. The van der Waals surface area contributed by atoms with Gasteiger partial charge in [0.25, 0.3) is 0 Å². The molecule has 0 aliphatic carbocycles. The van der Waals surface area contributed by atoms with Gasteiger partial charge in [0.2, 0.25) is 5.91 Å². The van der Waals surface area contributed by atoms with Crippen LogP contribution in [0.2, 0.25) is 5.02 Å². The van der Waals surface area contributed by atoms with Crippen molar-refractivity contribution in [1.29, 1.82) is 0 Å². The summed E-state index contributed by atoms with van der Waals surface area (Å²) in [6, 6.07) is 19.1. The van der Waals surface area contributed by atoms with Gasteiger partial charge in [0.05, 0.1) is 20.0 Å². The Morgan fingerprint density at radius 3 is 2.59 bits per heavy atom. The number of halogens is 1. The molecule has 4 rings (SSSR count). The van der Waals surface area contributed by atoms with Crippen molar-refractivity contribution < 1.29 is 18.7 Å². The van der Waals surface area contributed by atoms with Crippen LogP contribution in [0.25, 0.3) is 27.7 Å². The van der Waals surface area contributed by atoms with E-state index in [1.165, 1.54) is 0 Å². The summed E-state index contributed by atoms with van der Waals surface area (Å²) < 4.78 is 17.3. The van der Waals surface area contributed by atoms with E-state index in [-0.39, 0.29) is 5.91 Å². The molecular formula is C28H26ClNO4. The third kappa shape index (κ3) is 4.95. The number of nitrogens with one attached hydrogen (secondary N) is 1. The Hall–Kier alpha value is -3.70. The molecule has 3 aromatic carbocycles. The first-order valence-corrected chi connectivity index (χ1v) is 11.4. The zero-order valence-corrected chi connectivity index (χ0v) is 20.1. The highest BCUT2D eigenvalue weighted by molar-refractivity contribution is 6.31. The molecule has 0 radical (unpaired) electrons. The Labute approximate surface area is 203 Å². The van der Waals surface area contributed by atoms with Crippen molar-refractivity contribution in [2.24, 2.45) is 0 Å². The fraction of sp³-hybridized carbons (Fsp3) is 0.179. The molecule has 0 unspecified atom stereocenters. The van der Waals surface area contributed by atoms with E-state index in [1.54, 1.807) is 25.5 Å². The highest BCUT2D eigenvalue weighted by Crippen LogP contribution is 2.40. The minimum atomic E-state index is -0.211. The Kier molecular flexibility index (Phi) is 7.24. The van der Waals surface area contributed by atoms with Gasteiger partial charge in [-0.25, -0.2) is 0 Å². The fourth-order valence-corrected chi connectivity index (χ4v) is 4.07. The first-order chi connectivity index (χ1) is 16.5. The summed E-state index contributed by atoms with van der Waals surface area (Å²) in [7, 11) is 1.65. The van der Waals surface area contributed by atoms with E-state index >= 15 is 0 Å². The van der Waals surface area contributed by atoms with Crippen molar-refractivity contribution in [3.63, 3.8) is 0 Å². The van der Waals surface area contributed by atoms with Crippen molar-refractivity contribution in [2.45, 2.75) is 20.4 Å². The number of benzene rings is 3. The van der Waals surface area contributed by atoms with Crippen LogP contribution >= 0.6 is 11.6 Å². The molecule has 0 saturated carbocycles. The highest BCUT2D eigenvalue weighted by Gasteiger charge is 2.17. The lowest BCUT2D eigenvalue weighted by Gasteiger charge is -2.12. The van der Waals surface area contributed by atoms with Gasteiger partial charge < -0.3 is 19.2 Å². The molecular weight excluding hydrogens is 450 g/mol. The lowest BCUT2D eigenvalue weighted by atomic mass is 9.98. The molecule has 0 spiro atoms. The number of methoxy groups -OCH3 is 1. The van der Waals surface area contributed by atoms with Crippen LogP contribution in [0.5, 0.6) is 11.5 Å². The zero-order valence-electron chi connectivity index (χ0n) is 19.4. The summed E-state index contributed by atoms with van der Waals surface area (Å²) in [6.45, 7) is 4.65. The summed E-state index contributed by atoms with van der Waals surface area (Å²) in [5, 5.41) is 4.43. The molecule has 0 aliphatic rings. The van der Waals surface area contributed by atoms with Gasteiger partial charge in [0.15, 0.2) is 0 Å². The largest absolute Gasteiger partial charge is 0.496 e. The van der Waals surface area contributed by atoms with Gasteiger partial charge >= 0.3 is 0 Å². The van der Waals surface area contributed by atoms with Gasteiger partial charge in [-0.2, -0.15) is 0 Å². The predicted octanol–water partition coefficient (Wildman–Crippen LogP) is 6.88. The van der Waals surface area contributed by atoms with Crippen molar-refractivity contribution in [3.8, 4) is 22.6 Å². The molecule has 1 amide bonds. The number of allylic oxidation sites excluding steroid dienone is 1. The van der Waals surface area contributed by atoms with Crippen LogP contribution < -0.4 is 14.8 Å². The Morgan fingerprint density at radius 2 is 1.82 bits per heavy atom. The molecule has 0 bridgehead atoms. The number of rotatable bonds is 8. The number of amides is 1. The Bertz CT molecular complexity index is 1360. The molecule has 34 heavy (non-hydrogen) atoms. The van der Waals surface area contributed by atoms with E-state index in [9.17, 15) is 4.79 Å². The average Bonchev–Trinajstić information content (AvgIpc) is 3.25. The molecule has 6 heteroatoms. The van der Waals surface area contributed by atoms with Crippen molar-refractivity contribution in [3.05, 3.63) is 89.2 Å². The van der Waals surface area contributed by atoms with E-state index in [2.05, 4.69) is 5.32 Å². The SMILES string of the molecule is CCOc1cc2occ(-c3ccccc3OC)c2cc1/C(C)=C/C(=O)NCc1ccccc1Cl. The number of fused-ring (bicyclic) bond motifs is 1. The van der Waals surface area contributed by atoms with Gasteiger partial charge in [0, 0.05) is 45.8 Å². The first-order valence-electron chi connectivity index (χ1n) is 11.0. The van der Waals surface area contributed by atoms with Crippen molar-refractivity contribution >= 4 is 34.1 Å². The van der Waals surface area contributed by atoms with Crippen LogP contribution in [0.4, 0.5) is 0 Å².